The number of hydrogen-bond donors (Lipinski definition) is 2. The molecule has 0 atom stereocenters. The van der Waals surface area contributed by atoms with Crippen molar-refractivity contribution >= 4 is 5.96 Å². The van der Waals surface area contributed by atoms with E-state index in [0.717, 1.165) is 24.4 Å². The molecule has 2 rings (SSSR count). The van der Waals surface area contributed by atoms with Crippen LogP contribution >= 0.6 is 0 Å². The Morgan fingerprint density at radius 2 is 1.74 bits per heavy atom. The number of nitrogens with one attached hydrogen (secondary N) is 2. The molecule has 2 aromatic carbocycles. The molecule has 0 saturated heterocycles. The van der Waals surface area contributed by atoms with Gasteiger partial charge in [0.25, 0.3) is 0 Å². The quantitative estimate of drug-likeness (QED) is 0.525. The maximum atomic E-state index is 13.8. The van der Waals surface area contributed by atoms with Crippen LogP contribution < -0.4 is 15.4 Å². The average molecular weight is 372 g/mol. The summed E-state index contributed by atoms with van der Waals surface area (Å²) in [6, 6.07) is 14.6. The highest BCUT2D eigenvalue weighted by Gasteiger charge is 2.05. The lowest BCUT2D eigenvalue weighted by atomic mass is 10.2. The first kappa shape index (κ1) is 20.7. The Morgan fingerprint density at radius 3 is 2.44 bits per heavy atom. The third-order valence-electron chi connectivity index (χ3n) is 3.92. The van der Waals surface area contributed by atoms with Gasteiger partial charge in [0.05, 0.1) is 6.54 Å². The Labute approximate surface area is 161 Å². The second kappa shape index (κ2) is 11.2. The Bertz CT molecular complexity index is 734. The number of ether oxygens (including phenoxy) is 1. The van der Waals surface area contributed by atoms with Crippen molar-refractivity contribution < 1.29 is 9.13 Å². The second-order valence-electron chi connectivity index (χ2n) is 6.40. The summed E-state index contributed by atoms with van der Waals surface area (Å²) in [5.41, 5.74) is 1.62. The van der Waals surface area contributed by atoms with E-state index in [9.17, 15) is 4.39 Å². The van der Waals surface area contributed by atoms with Gasteiger partial charge in [-0.05, 0) is 33.2 Å². The van der Waals surface area contributed by atoms with Gasteiger partial charge in [0.1, 0.15) is 18.2 Å². The maximum Gasteiger partial charge on any atom is 0.191 e. The molecular weight excluding hydrogens is 343 g/mol. The topological polar surface area (TPSA) is 48.9 Å². The van der Waals surface area contributed by atoms with Gasteiger partial charge in [-0.2, -0.15) is 0 Å². The fraction of sp³-hybridized carbons (Fsp3) is 0.381. The van der Waals surface area contributed by atoms with Gasteiger partial charge in [-0.15, -0.1) is 0 Å². The van der Waals surface area contributed by atoms with Crippen LogP contribution in [0.3, 0.4) is 0 Å². The minimum Gasteiger partial charge on any atom is -0.492 e. The van der Waals surface area contributed by atoms with Gasteiger partial charge in [0.2, 0.25) is 0 Å². The van der Waals surface area contributed by atoms with Gasteiger partial charge in [0, 0.05) is 30.8 Å². The van der Waals surface area contributed by atoms with Crippen molar-refractivity contribution in [2.75, 3.05) is 33.8 Å². The van der Waals surface area contributed by atoms with Gasteiger partial charge < -0.3 is 20.3 Å². The summed E-state index contributed by atoms with van der Waals surface area (Å²) in [4.78, 5) is 6.69. The van der Waals surface area contributed by atoms with E-state index in [1.54, 1.807) is 12.1 Å². The third-order valence-corrected chi connectivity index (χ3v) is 3.92. The highest BCUT2D eigenvalue weighted by atomic mass is 19.1. The summed E-state index contributed by atoms with van der Waals surface area (Å²) in [5, 5.41) is 6.37. The van der Waals surface area contributed by atoms with Crippen LogP contribution in [0.2, 0.25) is 0 Å². The average Bonchev–Trinajstić information content (AvgIpc) is 2.66. The van der Waals surface area contributed by atoms with E-state index >= 15 is 0 Å². The molecule has 0 bridgehead atoms. The molecule has 5 nitrogen and oxygen atoms in total. The van der Waals surface area contributed by atoms with Crippen molar-refractivity contribution in [1.82, 2.24) is 15.5 Å². The SMILES string of the molecule is CCNC(=NCc1ccccc1OCCN(C)C)NCc1ccccc1F. The van der Waals surface area contributed by atoms with Gasteiger partial charge in [-0.1, -0.05) is 36.4 Å². The maximum absolute atomic E-state index is 13.8. The smallest absolute Gasteiger partial charge is 0.191 e. The van der Waals surface area contributed by atoms with Crippen LogP contribution in [0.5, 0.6) is 5.75 Å². The van der Waals surface area contributed by atoms with E-state index in [1.807, 2.05) is 51.4 Å². The van der Waals surface area contributed by atoms with Crippen LogP contribution in [0.1, 0.15) is 18.1 Å². The number of nitrogens with zero attached hydrogens (tertiary/aromatic N) is 2. The minimum absolute atomic E-state index is 0.222. The molecule has 2 N–H and O–H groups in total. The lowest BCUT2D eigenvalue weighted by Gasteiger charge is -2.14. The molecule has 146 valence electrons. The summed E-state index contributed by atoms with van der Waals surface area (Å²) in [6.07, 6.45) is 0. The Hall–Kier alpha value is -2.60. The predicted octanol–water partition coefficient (Wildman–Crippen LogP) is 3.02. The number of para-hydroxylation sites is 1. The van der Waals surface area contributed by atoms with Crippen molar-refractivity contribution in [3.8, 4) is 5.75 Å². The lowest BCUT2D eigenvalue weighted by molar-refractivity contribution is 0.259. The first-order valence-electron chi connectivity index (χ1n) is 9.21. The number of halogens is 1. The number of guanidine groups is 1. The molecule has 0 saturated carbocycles. The summed E-state index contributed by atoms with van der Waals surface area (Å²) in [5.74, 6) is 1.26. The zero-order valence-electron chi connectivity index (χ0n) is 16.3. The standard InChI is InChI=1S/C21H29FN4O/c1-4-23-21(24-15-17-9-5-7-11-19(17)22)25-16-18-10-6-8-12-20(18)27-14-13-26(2)3/h5-12H,4,13-16H2,1-3H3,(H2,23,24,25). The number of hydrogen-bond acceptors (Lipinski definition) is 3. The molecule has 0 spiro atoms. The van der Waals surface area contributed by atoms with E-state index in [-0.39, 0.29) is 5.82 Å². The minimum atomic E-state index is -0.222. The summed E-state index contributed by atoms with van der Waals surface area (Å²) in [7, 11) is 4.03. The molecule has 0 aliphatic heterocycles. The molecule has 0 amide bonds. The number of likely N-dealkylation sites (N-methyl/N-ethyl adjacent to an activating group) is 1. The first-order valence-corrected chi connectivity index (χ1v) is 9.21. The van der Waals surface area contributed by atoms with Crippen LogP contribution in [0.4, 0.5) is 4.39 Å². The molecule has 0 unspecified atom stereocenters. The molecule has 0 aromatic heterocycles. The molecule has 2 aromatic rings. The second-order valence-corrected chi connectivity index (χ2v) is 6.40. The van der Waals surface area contributed by atoms with Crippen LogP contribution in [0.15, 0.2) is 53.5 Å². The molecule has 0 aliphatic carbocycles. The fourth-order valence-corrected chi connectivity index (χ4v) is 2.44. The van der Waals surface area contributed by atoms with Crippen molar-refractivity contribution in [1.29, 1.82) is 0 Å². The van der Waals surface area contributed by atoms with Crippen LogP contribution in [0, 0.1) is 5.82 Å². The largest absolute Gasteiger partial charge is 0.492 e. The summed E-state index contributed by atoms with van der Waals surface area (Å²) in [6.45, 7) is 5.05. The van der Waals surface area contributed by atoms with E-state index in [2.05, 4.69) is 20.5 Å². The number of rotatable bonds is 9. The van der Waals surface area contributed by atoms with Crippen molar-refractivity contribution in [2.24, 2.45) is 4.99 Å². The van der Waals surface area contributed by atoms with Crippen molar-refractivity contribution in [2.45, 2.75) is 20.0 Å². The zero-order valence-corrected chi connectivity index (χ0v) is 16.3. The normalized spacial score (nSPS) is 11.5. The number of benzene rings is 2. The van der Waals surface area contributed by atoms with E-state index in [0.29, 0.717) is 31.2 Å². The monoisotopic (exact) mass is 372 g/mol. The fourth-order valence-electron chi connectivity index (χ4n) is 2.44. The van der Waals surface area contributed by atoms with E-state index in [1.165, 1.54) is 6.07 Å². The Balaban J connectivity index is 2.00. The number of aliphatic imine (C=N–C) groups is 1. The molecule has 0 aliphatic rings. The molecule has 0 radical (unpaired) electrons. The Morgan fingerprint density at radius 1 is 1.04 bits per heavy atom. The molecule has 6 heteroatoms. The molecular formula is C21H29FN4O. The first-order chi connectivity index (χ1) is 13.1. The molecule has 0 heterocycles. The lowest BCUT2D eigenvalue weighted by Crippen LogP contribution is -2.37. The van der Waals surface area contributed by atoms with Crippen LogP contribution in [-0.2, 0) is 13.1 Å². The van der Waals surface area contributed by atoms with E-state index < -0.39 is 0 Å². The zero-order chi connectivity index (χ0) is 19.5. The van der Waals surface area contributed by atoms with Crippen LogP contribution in [0.25, 0.3) is 0 Å². The third kappa shape index (κ3) is 7.27. The highest BCUT2D eigenvalue weighted by Crippen LogP contribution is 2.18. The van der Waals surface area contributed by atoms with Crippen LogP contribution in [-0.4, -0.2) is 44.7 Å². The van der Waals surface area contributed by atoms with Crippen molar-refractivity contribution in [3.05, 3.63) is 65.5 Å². The van der Waals surface area contributed by atoms with Gasteiger partial charge >= 0.3 is 0 Å². The molecule has 27 heavy (non-hydrogen) atoms. The van der Waals surface area contributed by atoms with Gasteiger partial charge in [-0.3, -0.25) is 0 Å². The predicted molar refractivity (Wildman–Crippen MR) is 109 cm³/mol. The van der Waals surface area contributed by atoms with Crippen molar-refractivity contribution in [3.63, 3.8) is 0 Å². The Kier molecular flexibility index (Phi) is 8.58. The molecule has 0 fully saturated rings. The summed E-state index contributed by atoms with van der Waals surface area (Å²) < 4.78 is 19.7. The van der Waals surface area contributed by atoms with E-state index in [4.69, 9.17) is 4.74 Å². The highest BCUT2D eigenvalue weighted by molar-refractivity contribution is 5.79. The summed E-state index contributed by atoms with van der Waals surface area (Å²) >= 11 is 0. The van der Waals surface area contributed by atoms with Gasteiger partial charge in [0.15, 0.2) is 5.96 Å². The van der Waals surface area contributed by atoms with Gasteiger partial charge in [-0.25, -0.2) is 9.38 Å².